The molecule has 0 saturated carbocycles. The first kappa shape index (κ1) is 20.3. The Morgan fingerprint density at radius 2 is 1.97 bits per heavy atom. The van der Waals surface area contributed by atoms with E-state index in [-0.39, 0.29) is 31.0 Å². The monoisotopic (exact) mass is 398 g/mol. The molecule has 2 aromatic rings. The van der Waals surface area contributed by atoms with Gasteiger partial charge in [0, 0.05) is 18.7 Å². The van der Waals surface area contributed by atoms with Crippen LogP contribution < -0.4 is 10.5 Å². The number of hydrogen-bond acceptors (Lipinski definition) is 5. The number of hydrogen-bond donors (Lipinski definition) is 2. The van der Waals surface area contributed by atoms with Gasteiger partial charge in [0.2, 0.25) is 0 Å². The molecule has 8 heteroatoms. The number of carbonyl (C=O) groups is 3. The van der Waals surface area contributed by atoms with Gasteiger partial charge in [-0.1, -0.05) is 24.3 Å². The molecule has 1 atom stereocenters. The number of benzene rings is 2. The van der Waals surface area contributed by atoms with Crippen molar-refractivity contribution < 1.29 is 29.0 Å². The molecule has 0 radical (unpaired) electrons. The summed E-state index contributed by atoms with van der Waals surface area (Å²) in [6.45, 7) is 1.10. The first-order chi connectivity index (χ1) is 13.9. The molecule has 0 aromatic heterocycles. The first-order valence-electron chi connectivity index (χ1n) is 9.17. The van der Waals surface area contributed by atoms with Crippen LogP contribution in [0.2, 0.25) is 0 Å². The van der Waals surface area contributed by atoms with Crippen molar-refractivity contribution in [3.8, 4) is 5.75 Å². The number of primary amides is 1. The van der Waals surface area contributed by atoms with Gasteiger partial charge in [-0.3, -0.25) is 14.4 Å². The van der Waals surface area contributed by atoms with Gasteiger partial charge in [-0.25, -0.2) is 0 Å². The average molecular weight is 398 g/mol. The van der Waals surface area contributed by atoms with Gasteiger partial charge >= 0.3 is 5.97 Å². The molecule has 1 heterocycles. The maximum absolute atomic E-state index is 12.8. The molecule has 2 aromatic carbocycles. The van der Waals surface area contributed by atoms with Crippen LogP contribution in [0.1, 0.15) is 32.7 Å². The van der Waals surface area contributed by atoms with Crippen molar-refractivity contribution in [1.82, 2.24) is 4.90 Å². The van der Waals surface area contributed by atoms with Gasteiger partial charge in [-0.15, -0.1) is 0 Å². The molecule has 2 amide bonds. The molecule has 29 heavy (non-hydrogen) atoms. The highest BCUT2D eigenvalue weighted by molar-refractivity contribution is 5.95. The summed E-state index contributed by atoms with van der Waals surface area (Å²) >= 11 is 0. The smallest absolute Gasteiger partial charge is 0.306 e. The number of rotatable bonds is 7. The van der Waals surface area contributed by atoms with Gasteiger partial charge in [-0.05, 0) is 29.8 Å². The fourth-order valence-electron chi connectivity index (χ4n) is 3.16. The number of carboxylic acid groups (broad SMARTS) is 1. The van der Waals surface area contributed by atoms with E-state index >= 15 is 0 Å². The highest BCUT2D eigenvalue weighted by atomic mass is 16.5. The molecule has 1 saturated heterocycles. The van der Waals surface area contributed by atoms with Crippen molar-refractivity contribution in [3.05, 3.63) is 65.2 Å². The molecule has 3 rings (SSSR count). The summed E-state index contributed by atoms with van der Waals surface area (Å²) in [5.74, 6) is -1.35. The molecule has 0 bridgehead atoms. The molecule has 1 unspecified atom stereocenters. The van der Waals surface area contributed by atoms with Gasteiger partial charge in [0.15, 0.2) is 0 Å². The Balaban J connectivity index is 1.67. The lowest BCUT2D eigenvalue weighted by Gasteiger charge is -2.32. The molecular formula is C21H22N2O6. The van der Waals surface area contributed by atoms with Gasteiger partial charge in [0.25, 0.3) is 11.8 Å². The second-order valence-electron chi connectivity index (χ2n) is 6.69. The van der Waals surface area contributed by atoms with Crippen molar-refractivity contribution in [1.29, 1.82) is 0 Å². The van der Waals surface area contributed by atoms with E-state index in [4.69, 9.17) is 20.3 Å². The molecule has 1 aliphatic rings. The fourth-order valence-corrected chi connectivity index (χ4v) is 3.16. The minimum absolute atomic E-state index is 0.142. The van der Waals surface area contributed by atoms with E-state index in [1.807, 2.05) is 6.07 Å². The van der Waals surface area contributed by atoms with E-state index in [2.05, 4.69) is 0 Å². The van der Waals surface area contributed by atoms with Crippen molar-refractivity contribution in [2.24, 2.45) is 5.73 Å². The summed E-state index contributed by atoms with van der Waals surface area (Å²) in [6.07, 6.45) is -0.654. The minimum atomic E-state index is -0.959. The van der Waals surface area contributed by atoms with E-state index in [0.717, 1.165) is 5.56 Å². The minimum Gasteiger partial charge on any atom is -0.488 e. The number of nitrogens with two attached hydrogens (primary N) is 1. The average Bonchev–Trinajstić information content (AvgIpc) is 2.72. The molecule has 1 aliphatic heterocycles. The van der Waals surface area contributed by atoms with E-state index in [9.17, 15) is 14.4 Å². The van der Waals surface area contributed by atoms with Gasteiger partial charge in [0.1, 0.15) is 12.4 Å². The van der Waals surface area contributed by atoms with E-state index in [1.54, 1.807) is 47.4 Å². The van der Waals surface area contributed by atoms with Gasteiger partial charge < -0.3 is 25.2 Å². The molecule has 1 fully saturated rings. The van der Waals surface area contributed by atoms with Crippen molar-refractivity contribution in [3.63, 3.8) is 0 Å². The van der Waals surface area contributed by atoms with Crippen LogP contribution in [0.5, 0.6) is 5.75 Å². The number of para-hydroxylation sites is 1. The third kappa shape index (κ3) is 5.32. The highest BCUT2D eigenvalue weighted by Crippen LogP contribution is 2.20. The fraction of sp³-hybridized carbons (Fsp3) is 0.286. The second-order valence-corrected chi connectivity index (χ2v) is 6.69. The number of amides is 2. The number of morpholine rings is 1. The van der Waals surface area contributed by atoms with Crippen LogP contribution in [-0.4, -0.2) is 53.6 Å². The lowest BCUT2D eigenvalue weighted by atomic mass is 10.1. The third-order valence-electron chi connectivity index (χ3n) is 4.55. The largest absolute Gasteiger partial charge is 0.488 e. The Labute approximate surface area is 167 Å². The molecule has 0 aliphatic carbocycles. The summed E-state index contributed by atoms with van der Waals surface area (Å²) in [6, 6.07) is 13.7. The number of carboxylic acids is 1. The maximum atomic E-state index is 12.8. The summed E-state index contributed by atoms with van der Waals surface area (Å²) < 4.78 is 11.1. The summed E-state index contributed by atoms with van der Waals surface area (Å²) in [5, 5.41) is 8.92. The number of carbonyl (C=O) groups excluding carboxylic acids is 2. The maximum Gasteiger partial charge on any atom is 0.306 e. The lowest BCUT2D eigenvalue weighted by molar-refractivity contribution is -0.141. The quantitative estimate of drug-likeness (QED) is 0.732. The lowest BCUT2D eigenvalue weighted by Crippen LogP contribution is -2.46. The molecule has 0 spiro atoms. The summed E-state index contributed by atoms with van der Waals surface area (Å²) in [4.78, 5) is 36.8. The Kier molecular flexibility index (Phi) is 6.46. The Hall–Kier alpha value is -3.39. The van der Waals surface area contributed by atoms with Crippen LogP contribution in [0.15, 0.2) is 48.5 Å². The molecule has 3 N–H and O–H groups in total. The number of aliphatic carboxylic acids is 1. The third-order valence-corrected chi connectivity index (χ3v) is 4.55. The Morgan fingerprint density at radius 1 is 1.17 bits per heavy atom. The van der Waals surface area contributed by atoms with E-state index in [0.29, 0.717) is 24.5 Å². The van der Waals surface area contributed by atoms with Crippen molar-refractivity contribution >= 4 is 17.8 Å². The zero-order valence-corrected chi connectivity index (χ0v) is 15.7. The standard InChI is InChI=1S/C21H22N2O6/c22-20(26)17-6-1-2-7-18(17)29-13-14-4-3-5-15(10-14)21(27)23-8-9-28-16(12-23)11-19(24)25/h1-7,10,16H,8-9,11-13H2,(H2,22,26)(H,24,25). The van der Waals surface area contributed by atoms with Crippen molar-refractivity contribution in [2.75, 3.05) is 19.7 Å². The number of ether oxygens (including phenoxy) is 2. The first-order valence-corrected chi connectivity index (χ1v) is 9.17. The highest BCUT2D eigenvalue weighted by Gasteiger charge is 2.26. The molecule has 152 valence electrons. The molecular weight excluding hydrogens is 376 g/mol. The topological polar surface area (TPSA) is 119 Å². The zero-order valence-electron chi connectivity index (χ0n) is 15.7. The predicted octanol–water partition coefficient (Wildman–Crippen LogP) is 1.68. The van der Waals surface area contributed by atoms with Crippen LogP contribution >= 0.6 is 0 Å². The Bertz CT molecular complexity index is 914. The second kappa shape index (κ2) is 9.20. The number of nitrogens with zero attached hydrogens (tertiary/aromatic N) is 1. The predicted molar refractivity (Wildman–Crippen MR) is 104 cm³/mol. The van der Waals surface area contributed by atoms with Crippen LogP contribution in [0.25, 0.3) is 0 Å². The van der Waals surface area contributed by atoms with Gasteiger partial charge in [0.05, 0.1) is 24.7 Å². The van der Waals surface area contributed by atoms with Crippen LogP contribution in [0, 0.1) is 0 Å². The zero-order chi connectivity index (χ0) is 20.8. The summed E-state index contributed by atoms with van der Waals surface area (Å²) in [7, 11) is 0. The van der Waals surface area contributed by atoms with Crippen LogP contribution in [0.4, 0.5) is 0 Å². The van der Waals surface area contributed by atoms with Crippen LogP contribution in [-0.2, 0) is 16.1 Å². The van der Waals surface area contributed by atoms with Gasteiger partial charge in [-0.2, -0.15) is 0 Å². The summed E-state index contributed by atoms with van der Waals surface area (Å²) in [5.41, 5.74) is 6.88. The molecule has 8 nitrogen and oxygen atoms in total. The SMILES string of the molecule is NC(=O)c1ccccc1OCc1cccc(C(=O)N2CCOC(CC(=O)O)C2)c1. The normalized spacial score (nSPS) is 16.3. The van der Waals surface area contributed by atoms with Crippen LogP contribution in [0.3, 0.4) is 0 Å². The van der Waals surface area contributed by atoms with E-state index < -0.39 is 18.0 Å². The van der Waals surface area contributed by atoms with E-state index in [1.165, 1.54) is 0 Å². The Morgan fingerprint density at radius 3 is 2.72 bits per heavy atom. The van der Waals surface area contributed by atoms with Crippen molar-refractivity contribution in [2.45, 2.75) is 19.1 Å².